The maximum absolute atomic E-state index is 11.7. The van der Waals surface area contributed by atoms with Crippen LogP contribution in [0.1, 0.15) is 13.8 Å². The molecule has 0 saturated heterocycles. The summed E-state index contributed by atoms with van der Waals surface area (Å²) in [5.74, 6) is 0. The van der Waals surface area contributed by atoms with Crippen LogP contribution in [0.2, 0.25) is 0 Å². The minimum absolute atomic E-state index is 0.317. The van der Waals surface area contributed by atoms with Crippen molar-refractivity contribution >= 4 is 0 Å². The molecule has 0 atom stereocenters. The molecule has 0 aliphatic rings. The Labute approximate surface area is 71.6 Å². The van der Waals surface area contributed by atoms with Crippen LogP contribution < -0.4 is 0 Å². The molecule has 0 fully saturated rings. The summed E-state index contributed by atoms with van der Waals surface area (Å²) in [5.41, 5.74) is 1.54. The standard InChI is InChI=1S/C9H13F2N/c1-4-5-8(2)6-9(3)7-12(10)11/h4-6H,1,7H2,2-3H3/b8-5-,9-6+. The second-order valence-electron chi connectivity index (χ2n) is 2.60. The van der Waals surface area contributed by atoms with E-state index in [-0.39, 0.29) is 6.54 Å². The van der Waals surface area contributed by atoms with Crippen molar-refractivity contribution in [3.63, 3.8) is 0 Å². The number of allylic oxidation sites excluding steroid dienone is 4. The molecule has 0 aliphatic heterocycles. The minimum Gasteiger partial charge on any atom is -0.101 e. The van der Waals surface area contributed by atoms with Crippen molar-refractivity contribution in [1.29, 1.82) is 0 Å². The normalized spacial score (nSPS) is 13.8. The molecule has 0 spiro atoms. The summed E-state index contributed by atoms with van der Waals surface area (Å²) in [6.45, 7) is 6.69. The predicted octanol–water partition coefficient (Wildman–Crippen LogP) is 3.14. The van der Waals surface area contributed by atoms with Crippen LogP contribution in [0, 0.1) is 0 Å². The molecular weight excluding hydrogens is 160 g/mol. The van der Waals surface area contributed by atoms with Crippen LogP contribution in [0.3, 0.4) is 0 Å². The van der Waals surface area contributed by atoms with Gasteiger partial charge in [0.05, 0.1) is 6.54 Å². The van der Waals surface area contributed by atoms with Crippen molar-refractivity contribution in [2.45, 2.75) is 13.8 Å². The molecule has 0 heterocycles. The van der Waals surface area contributed by atoms with Gasteiger partial charge in [-0.15, -0.1) is 8.96 Å². The highest BCUT2D eigenvalue weighted by Crippen LogP contribution is 2.04. The summed E-state index contributed by atoms with van der Waals surface area (Å²) in [6.07, 6.45) is 5.10. The molecule has 0 bridgehead atoms. The largest absolute Gasteiger partial charge is 0.101 e. The first-order valence-electron chi connectivity index (χ1n) is 3.62. The smallest absolute Gasteiger partial charge is 0.0830 e. The first-order valence-corrected chi connectivity index (χ1v) is 3.62. The van der Waals surface area contributed by atoms with Gasteiger partial charge in [0.25, 0.3) is 0 Å². The van der Waals surface area contributed by atoms with E-state index in [0.29, 0.717) is 5.57 Å². The fourth-order valence-electron chi connectivity index (χ4n) is 0.857. The molecule has 1 nitrogen and oxygen atoms in total. The third kappa shape index (κ3) is 5.80. The van der Waals surface area contributed by atoms with Crippen molar-refractivity contribution in [2.24, 2.45) is 0 Å². The van der Waals surface area contributed by atoms with Crippen LogP contribution >= 0.6 is 0 Å². The Morgan fingerprint density at radius 1 is 1.42 bits per heavy atom. The predicted molar refractivity (Wildman–Crippen MR) is 46.6 cm³/mol. The van der Waals surface area contributed by atoms with Gasteiger partial charge >= 0.3 is 0 Å². The van der Waals surface area contributed by atoms with Crippen LogP contribution in [-0.4, -0.2) is 11.9 Å². The van der Waals surface area contributed by atoms with Crippen LogP contribution in [0.4, 0.5) is 8.96 Å². The van der Waals surface area contributed by atoms with E-state index in [1.807, 2.05) is 6.92 Å². The van der Waals surface area contributed by atoms with Gasteiger partial charge in [0, 0.05) is 5.34 Å². The van der Waals surface area contributed by atoms with E-state index in [4.69, 9.17) is 0 Å². The Hall–Kier alpha value is -0.960. The van der Waals surface area contributed by atoms with E-state index < -0.39 is 5.34 Å². The van der Waals surface area contributed by atoms with Gasteiger partial charge in [-0.05, 0) is 13.8 Å². The van der Waals surface area contributed by atoms with Crippen molar-refractivity contribution < 1.29 is 8.96 Å². The first kappa shape index (κ1) is 11.0. The van der Waals surface area contributed by atoms with Gasteiger partial charge in [0.1, 0.15) is 0 Å². The molecule has 3 heteroatoms. The molecule has 0 aromatic heterocycles. The molecule has 0 saturated carbocycles. The number of hydrogen-bond acceptors (Lipinski definition) is 1. The van der Waals surface area contributed by atoms with Crippen molar-refractivity contribution in [1.82, 2.24) is 5.34 Å². The summed E-state index contributed by atoms with van der Waals surface area (Å²) in [7, 11) is 0. The maximum atomic E-state index is 11.7. The zero-order chi connectivity index (χ0) is 9.56. The number of hydrogen-bond donors (Lipinski definition) is 0. The Bertz CT molecular complexity index is 205. The zero-order valence-electron chi connectivity index (χ0n) is 7.35. The van der Waals surface area contributed by atoms with E-state index in [1.165, 1.54) is 0 Å². The van der Waals surface area contributed by atoms with Crippen molar-refractivity contribution in [3.8, 4) is 0 Å². The van der Waals surface area contributed by atoms with Gasteiger partial charge in [-0.25, -0.2) is 0 Å². The van der Waals surface area contributed by atoms with Crippen molar-refractivity contribution in [2.75, 3.05) is 6.54 Å². The maximum Gasteiger partial charge on any atom is 0.0830 e. The summed E-state index contributed by atoms with van der Waals surface area (Å²) in [5, 5.41) is -0.840. The Morgan fingerprint density at radius 3 is 2.42 bits per heavy atom. The fraction of sp³-hybridized carbons (Fsp3) is 0.333. The summed E-state index contributed by atoms with van der Waals surface area (Å²) in [6, 6.07) is 0. The van der Waals surface area contributed by atoms with Crippen LogP contribution in [0.15, 0.2) is 36.0 Å². The molecule has 0 unspecified atom stereocenters. The van der Waals surface area contributed by atoms with E-state index in [2.05, 4.69) is 6.58 Å². The molecular formula is C9H13F2N. The van der Waals surface area contributed by atoms with Crippen molar-refractivity contribution in [3.05, 3.63) is 36.0 Å². The summed E-state index contributed by atoms with van der Waals surface area (Å²) in [4.78, 5) is 0. The fourth-order valence-corrected chi connectivity index (χ4v) is 0.857. The minimum atomic E-state index is -0.840. The number of halogens is 2. The van der Waals surface area contributed by atoms with Crippen LogP contribution in [-0.2, 0) is 0 Å². The summed E-state index contributed by atoms with van der Waals surface area (Å²) < 4.78 is 23.3. The average molecular weight is 173 g/mol. The van der Waals surface area contributed by atoms with Gasteiger partial charge in [0.15, 0.2) is 0 Å². The molecule has 12 heavy (non-hydrogen) atoms. The van der Waals surface area contributed by atoms with E-state index in [0.717, 1.165) is 5.57 Å². The van der Waals surface area contributed by atoms with E-state index in [1.54, 1.807) is 25.2 Å². The molecule has 0 radical (unpaired) electrons. The molecule has 0 rings (SSSR count). The average Bonchev–Trinajstić information content (AvgIpc) is 1.84. The number of nitrogens with zero attached hydrogens (tertiary/aromatic N) is 1. The quantitative estimate of drug-likeness (QED) is 0.466. The SMILES string of the molecule is C=C/C=C(C)\C=C(/C)CN(F)F. The van der Waals surface area contributed by atoms with Crippen LogP contribution in [0.25, 0.3) is 0 Å². The molecule has 0 aromatic carbocycles. The second-order valence-corrected chi connectivity index (χ2v) is 2.60. The zero-order valence-corrected chi connectivity index (χ0v) is 7.35. The van der Waals surface area contributed by atoms with Gasteiger partial charge in [-0.1, -0.05) is 36.0 Å². The monoisotopic (exact) mass is 173 g/mol. The lowest BCUT2D eigenvalue weighted by Crippen LogP contribution is -2.03. The Kier molecular flexibility index (Phi) is 5.21. The Balaban J connectivity index is 4.15. The highest BCUT2D eigenvalue weighted by molar-refractivity contribution is 5.24. The topological polar surface area (TPSA) is 3.24 Å². The first-order chi connectivity index (χ1) is 5.56. The lowest BCUT2D eigenvalue weighted by Gasteiger charge is -2.00. The molecule has 0 N–H and O–H groups in total. The lowest BCUT2D eigenvalue weighted by atomic mass is 10.2. The second kappa shape index (κ2) is 5.66. The van der Waals surface area contributed by atoms with Gasteiger partial charge < -0.3 is 0 Å². The third-order valence-corrected chi connectivity index (χ3v) is 1.22. The third-order valence-electron chi connectivity index (χ3n) is 1.22. The highest BCUT2D eigenvalue weighted by atomic mass is 19.4. The molecule has 0 aromatic rings. The van der Waals surface area contributed by atoms with Gasteiger partial charge in [-0.2, -0.15) is 0 Å². The molecule has 0 amide bonds. The van der Waals surface area contributed by atoms with E-state index >= 15 is 0 Å². The summed E-state index contributed by atoms with van der Waals surface area (Å²) >= 11 is 0. The van der Waals surface area contributed by atoms with Crippen LogP contribution in [0.5, 0.6) is 0 Å². The van der Waals surface area contributed by atoms with Gasteiger partial charge in [-0.3, -0.25) is 0 Å². The molecule has 68 valence electrons. The molecule has 0 aliphatic carbocycles. The highest BCUT2D eigenvalue weighted by Gasteiger charge is 1.98. The van der Waals surface area contributed by atoms with E-state index in [9.17, 15) is 8.96 Å². The van der Waals surface area contributed by atoms with Gasteiger partial charge in [0.2, 0.25) is 0 Å². The number of rotatable bonds is 4. The lowest BCUT2D eigenvalue weighted by molar-refractivity contribution is -0.144. The Morgan fingerprint density at radius 2 is 2.00 bits per heavy atom.